The Morgan fingerprint density at radius 2 is 1.77 bits per heavy atom. The Balaban J connectivity index is 1.76. The van der Waals surface area contributed by atoms with E-state index in [0.717, 1.165) is 52.1 Å². The molecule has 2 heterocycles. The van der Waals surface area contributed by atoms with Crippen LogP contribution >= 0.6 is 0 Å². The van der Waals surface area contributed by atoms with Crippen molar-refractivity contribution in [3.63, 3.8) is 0 Å². The zero-order valence-corrected chi connectivity index (χ0v) is 17.6. The number of hydrogen-bond acceptors (Lipinski definition) is 4. The molecule has 1 aromatic heterocycles. The number of hydrogen-bond donors (Lipinski definition) is 0. The number of rotatable bonds is 5. The highest BCUT2D eigenvalue weighted by molar-refractivity contribution is 6.02. The van der Waals surface area contributed by atoms with Crippen LogP contribution in [-0.4, -0.2) is 22.9 Å². The fraction of sp³-hybridized carbons (Fsp3) is 0.154. The average molecular weight is 409 g/mol. The van der Waals surface area contributed by atoms with E-state index in [0.29, 0.717) is 5.76 Å². The van der Waals surface area contributed by atoms with Crippen LogP contribution < -0.4 is 10.3 Å². The number of aromatic nitrogens is 2. The van der Waals surface area contributed by atoms with Crippen LogP contribution in [0.15, 0.2) is 88.3 Å². The Bertz CT molecular complexity index is 1380. The lowest BCUT2D eigenvalue weighted by Crippen LogP contribution is -2.21. The van der Waals surface area contributed by atoms with Crippen LogP contribution in [0.4, 0.5) is 5.69 Å². The summed E-state index contributed by atoms with van der Waals surface area (Å²) < 4.78 is 8.07. The van der Waals surface area contributed by atoms with Crippen LogP contribution in [0.3, 0.4) is 0 Å². The third-order valence-electron chi connectivity index (χ3n) is 5.70. The normalized spacial score (nSPS) is 11.3. The van der Waals surface area contributed by atoms with Crippen molar-refractivity contribution >= 4 is 16.7 Å². The van der Waals surface area contributed by atoms with Gasteiger partial charge in [0, 0.05) is 59.2 Å². The molecule has 0 bridgehead atoms. The molecule has 5 heteroatoms. The Morgan fingerprint density at radius 3 is 2.55 bits per heavy atom. The molecule has 2 aliphatic rings. The van der Waals surface area contributed by atoms with Crippen LogP contribution in [0, 0.1) is 0 Å². The van der Waals surface area contributed by atoms with Crippen LogP contribution in [0.1, 0.15) is 13.8 Å². The molecule has 31 heavy (non-hydrogen) atoms. The second-order valence-corrected chi connectivity index (χ2v) is 7.50. The predicted molar refractivity (Wildman–Crippen MR) is 125 cm³/mol. The molecule has 0 atom stereocenters. The van der Waals surface area contributed by atoms with Gasteiger partial charge in [0.1, 0.15) is 11.3 Å². The van der Waals surface area contributed by atoms with Crippen molar-refractivity contribution in [3.05, 3.63) is 89.3 Å². The van der Waals surface area contributed by atoms with E-state index >= 15 is 0 Å². The topological polar surface area (TPSA) is 51.3 Å². The maximum absolute atomic E-state index is 12.0. The first-order valence-electron chi connectivity index (χ1n) is 10.5. The van der Waals surface area contributed by atoms with Crippen molar-refractivity contribution < 1.29 is 4.42 Å². The maximum Gasteiger partial charge on any atom is 0.182 e. The smallest absolute Gasteiger partial charge is 0.182 e. The van der Waals surface area contributed by atoms with E-state index in [1.165, 1.54) is 0 Å². The van der Waals surface area contributed by atoms with Crippen molar-refractivity contribution in [3.8, 4) is 28.1 Å². The number of benzene rings is 3. The predicted octanol–water partition coefficient (Wildman–Crippen LogP) is 5.60. The third-order valence-corrected chi connectivity index (χ3v) is 5.70. The first-order valence-corrected chi connectivity index (χ1v) is 10.5. The number of nitrogens with zero attached hydrogens (tertiary/aromatic N) is 3. The maximum atomic E-state index is 12.0. The van der Waals surface area contributed by atoms with Crippen molar-refractivity contribution in [2.24, 2.45) is 0 Å². The molecule has 0 N–H and O–H groups in total. The van der Waals surface area contributed by atoms with E-state index in [1.54, 1.807) is 12.1 Å². The van der Waals surface area contributed by atoms with Crippen molar-refractivity contribution in [2.75, 3.05) is 18.0 Å². The number of para-hydroxylation sites is 1. The molecule has 0 saturated heterocycles. The molecule has 0 amide bonds. The fourth-order valence-corrected chi connectivity index (χ4v) is 4.13. The Labute approximate surface area is 180 Å². The van der Waals surface area contributed by atoms with E-state index < -0.39 is 0 Å². The minimum atomic E-state index is -0.0681. The molecule has 0 saturated carbocycles. The lowest BCUT2D eigenvalue weighted by molar-refractivity contribution is 0.619. The van der Waals surface area contributed by atoms with E-state index in [9.17, 15) is 4.79 Å². The lowest BCUT2D eigenvalue weighted by atomic mass is 9.95. The van der Waals surface area contributed by atoms with Gasteiger partial charge in [-0.3, -0.25) is 4.79 Å². The van der Waals surface area contributed by atoms with Crippen LogP contribution in [0.2, 0.25) is 0 Å². The third kappa shape index (κ3) is 3.38. The summed E-state index contributed by atoms with van der Waals surface area (Å²) in [5.41, 5.74) is 5.67. The van der Waals surface area contributed by atoms with Gasteiger partial charge in [0.25, 0.3) is 0 Å². The van der Waals surface area contributed by atoms with E-state index in [-0.39, 0.29) is 5.43 Å². The first-order chi connectivity index (χ1) is 15.2. The summed E-state index contributed by atoms with van der Waals surface area (Å²) in [7, 11) is 0. The van der Waals surface area contributed by atoms with Crippen molar-refractivity contribution in [2.45, 2.75) is 13.8 Å². The summed E-state index contributed by atoms with van der Waals surface area (Å²) >= 11 is 0. The first kappa shape index (κ1) is 19.1. The van der Waals surface area contributed by atoms with Gasteiger partial charge in [0.05, 0.1) is 11.9 Å². The van der Waals surface area contributed by atoms with Gasteiger partial charge in [0.15, 0.2) is 5.43 Å². The molecule has 0 fully saturated rings. The highest BCUT2D eigenvalue weighted by atomic mass is 16.3. The minimum absolute atomic E-state index is 0.0681. The quantitative estimate of drug-likeness (QED) is 0.355. The standard InChI is InChI=1S/C26H23N3O2/c1-3-28(4-2)20-10-12-22-24(14-20)31-25-15-21(30)11-13-23(25)26(22)18-16-27-29(17-18)19-8-6-5-7-9-19/h5-17H,3-4H2,1-2H3. The summed E-state index contributed by atoms with van der Waals surface area (Å²) in [6.45, 7) is 6.10. The molecule has 0 radical (unpaired) electrons. The minimum Gasteiger partial charge on any atom is -0.456 e. The van der Waals surface area contributed by atoms with Crippen LogP contribution in [0.25, 0.3) is 39.1 Å². The molecule has 0 unspecified atom stereocenters. The summed E-state index contributed by atoms with van der Waals surface area (Å²) in [5, 5.41) is 5.58. The molecule has 5 nitrogen and oxygen atoms in total. The zero-order valence-electron chi connectivity index (χ0n) is 17.6. The van der Waals surface area contributed by atoms with E-state index in [2.05, 4.69) is 42.0 Å². The second kappa shape index (κ2) is 7.76. The van der Waals surface area contributed by atoms with Crippen LogP contribution in [-0.2, 0) is 0 Å². The van der Waals surface area contributed by atoms with Crippen molar-refractivity contribution in [1.29, 1.82) is 0 Å². The largest absolute Gasteiger partial charge is 0.456 e. The van der Waals surface area contributed by atoms with Gasteiger partial charge in [-0.05, 0) is 50.2 Å². The molecule has 5 rings (SSSR count). The van der Waals surface area contributed by atoms with Crippen molar-refractivity contribution in [1.82, 2.24) is 9.78 Å². The molecule has 2 aromatic carbocycles. The highest BCUT2D eigenvalue weighted by Gasteiger charge is 2.19. The molecule has 3 aromatic rings. The van der Waals surface area contributed by atoms with Gasteiger partial charge in [-0.15, -0.1) is 0 Å². The Morgan fingerprint density at radius 1 is 0.968 bits per heavy atom. The summed E-state index contributed by atoms with van der Waals surface area (Å²) in [5.74, 6) is 0.583. The Kier molecular flexibility index (Phi) is 4.79. The Hall–Kier alpha value is -3.86. The van der Waals surface area contributed by atoms with Gasteiger partial charge >= 0.3 is 0 Å². The van der Waals surface area contributed by atoms with E-state index in [4.69, 9.17) is 4.42 Å². The highest BCUT2D eigenvalue weighted by Crippen LogP contribution is 2.40. The summed E-state index contributed by atoms with van der Waals surface area (Å²) in [6.07, 6.45) is 3.89. The molecule has 1 aliphatic heterocycles. The summed E-state index contributed by atoms with van der Waals surface area (Å²) in [6, 6.07) is 21.3. The fourth-order valence-electron chi connectivity index (χ4n) is 4.13. The SMILES string of the molecule is CCN(CC)c1ccc2c(-c3cnn(-c4ccccc4)c3)c3ccc(=O)cc-3oc2c1. The number of anilines is 1. The lowest BCUT2D eigenvalue weighted by Gasteiger charge is -2.22. The average Bonchev–Trinajstić information content (AvgIpc) is 3.28. The van der Waals surface area contributed by atoms with Gasteiger partial charge in [-0.1, -0.05) is 18.2 Å². The monoisotopic (exact) mass is 409 g/mol. The van der Waals surface area contributed by atoms with Gasteiger partial charge in [-0.2, -0.15) is 5.10 Å². The molecular formula is C26H23N3O2. The molecular weight excluding hydrogens is 386 g/mol. The molecule has 1 aliphatic carbocycles. The van der Waals surface area contributed by atoms with E-state index in [1.807, 2.05) is 53.5 Å². The number of fused-ring (bicyclic) bond motifs is 2. The van der Waals surface area contributed by atoms with Gasteiger partial charge in [0.2, 0.25) is 0 Å². The molecule has 154 valence electrons. The van der Waals surface area contributed by atoms with Gasteiger partial charge < -0.3 is 9.32 Å². The van der Waals surface area contributed by atoms with Crippen LogP contribution in [0.5, 0.6) is 0 Å². The second-order valence-electron chi connectivity index (χ2n) is 7.50. The molecule has 0 spiro atoms. The zero-order chi connectivity index (χ0) is 21.4. The van der Waals surface area contributed by atoms with Gasteiger partial charge in [-0.25, -0.2) is 4.68 Å². The summed E-state index contributed by atoms with van der Waals surface area (Å²) in [4.78, 5) is 14.3.